The Morgan fingerprint density at radius 1 is 1.67 bits per heavy atom. The molecule has 0 radical (unpaired) electrons. The van der Waals surface area contributed by atoms with Crippen LogP contribution in [0.3, 0.4) is 0 Å². The average Bonchev–Trinajstić information content (AvgIpc) is 2.45. The number of nitrogens with zero attached hydrogens (tertiary/aromatic N) is 3. The van der Waals surface area contributed by atoms with Crippen molar-refractivity contribution in [2.45, 2.75) is 12.8 Å². The highest BCUT2D eigenvalue weighted by molar-refractivity contribution is 6.17. The molecule has 0 N–H and O–H groups in total. The first kappa shape index (κ1) is 9.08. The first-order valence-electron chi connectivity index (χ1n) is 3.74. The highest BCUT2D eigenvalue weighted by atomic mass is 35.5. The van der Waals surface area contributed by atoms with Gasteiger partial charge in [-0.1, -0.05) is 11.1 Å². The third-order valence-corrected chi connectivity index (χ3v) is 1.52. The van der Waals surface area contributed by atoms with Crippen LogP contribution in [0.2, 0.25) is 0 Å². The number of alkyl halides is 1. The monoisotopic (exact) mass is 183 g/mol. The molecule has 0 bridgehead atoms. The van der Waals surface area contributed by atoms with Gasteiger partial charge in [0.05, 0.1) is 6.20 Å². The van der Waals surface area contributed by atoms with Crippen molar-refractivity contribution in [1.29, 1.82) is 0 Å². The van der Waals surface area contributed by atoms with E-state index in [0.29, 0.717) is 11.6 Å². The van der Waals surface area contributed by atoms with Gasteiger partial charge in [0.2, 0.25) is 0 Å². The second-order valence-electron chi connectivity index (χ2n) is 2.37. The number of hydrogen-bond donors (Lipinski definition) is 0. The van der Waals surface area contributed by atoms with Gasteiger partial charge in [-0.2, -0.15) is 0 Å². The molecule has 0 saturated carbocycles. The molecule has 0 saturated heterocycles. The Kier molecular flexibility index (Phi) is 3.62. The van der Waals surface area contributed by atoms with E-state index in [0.717, 1.165) is 12.8 Å². The molecule has 4 heteroatoms. The zero-order valence-electron chi connectivity index (χ0n) is 6.92. The van der Waals surface area contributed by atoms with Crippen molar-refractivity contribution in [1.82, 2.24) is 15.0 Å². The summed E-state index contributed by atoms with van der Waals surface area (Å²) in [7, 11) is 1.82. The molecule has 64 valence electrons. The fourth-order valence-corrected chi connectivity index (χ4v) is 0.847. The molecular weight excluding hydrogens is 174 g/mol. The van der Waals surface area contributed by atoms with E-state index in [2.05, 4.69) is 22.2 Å². The van der Waals surface area contributed by atoms with Gasteiger partial charge >= 0.3 is 0 Å². The summed E-state index contributed by atoms with van der Waals surface area (Å²) in [5.74, 6) is 6.52. The van der Waals surface area contributed by atoms with Crippen LogP contribution in [0.1, 0.15) is 18.5 Å². The molecule has 1 aromatic rings. The standard InChI is InChI=1S/C8H10ClN3/c1-12-7-8(10-11-12)5-3-2-4-6-9/h7H,2,4,6H2,1H3. The number of halogens is 1. The summed E-state index contributed by atoms with van der Waals surface area (Å²) >= 11 is 5.49. The third-order valence-electron chi connectivity index (χ3n) is 1.25. The number of aryl methyl sites for hydroxylation is 1. The highest BCUT2D eigenvalue weighted by Crippen LogP contribution is 1.91. The summed E-state index contributed by atoms with van der Waals surface area (Å²) in [5, 5.41) is 7.57. The predicted molar refractivity (Wildman–Crippen MR) is 47.8 cm³/mol. The van der Waals surface area contributed by atoms with E-state index >= 15 is 0 Å². The molecular formula is C8H10ClN3. The molecule has 0 aliphatic heterocycles. The van der Waals surface area contributed by atoms with E-state index in [1.807, 2.05) is 7.05 Å². The maximum absolute atomic E-state index is 5.49. The van der Waals surface area contributed by atoms with Gasteiger partial charge in [-0.25, -0.2) is 0 Å². The van der Waals surface area contributed by atoms with Crippen LogP contribution in [0, 0.1) is 11.8 Å². The van der Waals surface area contributed by atoms with E-state index in [-0.39, 0.29) is 0 Å². The fourth-order valence-electron chi connectivity index (χ4n) is 0.713. The number of rotatable bonds is 2. The average molecular weight is 184 g/mol. The van der Waals surface area contributed by atoms with Gasteiger partial charge in [0.15, 0.2) is 5.69 Å². The second-order valence-corrected chi connectivity index (χ2v) is 2.75. The Bertz CT molecular complexity index is 295. The lowest BCUT2D eigenvalue weighted by Gasteiger charge is -1.81. The van der Waals surface area contributed by atoms with Crippen molar-refractivity contribution < 1.29 is 0 Å². The predicted octanol–water partition coefficient (Wildman–Crippen LogP) is 1.19. The van der Waals surface area contributed by atoms with Crippen LogP contribution in [0.15, 0.2) is 6.20 Å². The Hall–Kier alpha value is -1.01. The Labute approximate surface area is 76.7 Å². The number of hydrogen-bond acceptors (Lipinski definition) is 2. The molecule has 0 amide bonds. The lowest BCUT2D eigenvalue weighted by atomic mass is 10.3. The van der Waals surface area contributed by atoms with Gasteiger partial charge in [0.1, 0.15) is 0 Å². The van der Waals surface area contributed by atoms with Crippen molar-refractivity contribution in [3.8, 4) is 11.8 Å². The first-order chi connectivity index (χ1) is 5.83. The van der Waals surface area contributed by atoms with Crippen LogP contribution in [0.4, 0.5) is 0 Å². The van der Waals surface area contributed by atoms with Crippen molar-refractivity contribution in [2.24, 2.45) is 7.05 Å². The molecule has 0 fully saturated rings. The van der Waals surface area contributed by atoms with Gasteiger partial charge in [0, 0.05) is 19.3 Å². The van der Waals surface area contributed by atoms with Gasteiger partial charge < -0.3 is 0 Å². The number of unbranched alkanes of at least 4 members (excludes halogenated alkanes) is 1. The Morgan fingerprint density at radius 2 is 2.50 bits per heavy atom. The minimum Gasteiger partial charge on any atom is -0.254 e. The van der Waals surface area contributed by atoms with E-state index in [4.69, 9.17) is 11.6 Å². The van der Waals surface area contributed by atoms with Crippen molar-refractivity contribution in [3.63, 3.8) is 0 Å². The normalized spacial score (nSPS) is 9.17. The summed E-state index contributed by atoms with van der Waals surface area (Å²) in [4.78, 5) is 0. The fraction of sp³-hybridized carbons (Fsp3) is 0.500. The van der Waals surface area contributed by atoms with Crippen molar-refractivity contribution in [2.75, 3.05) is 5.88 Å². The third kappa shape index (κ3) is 2.93. The van der Waals surface area contributed by atoms with Crippen LogP contribution in [-0.2, 0) is 7.05 Å². The summed E-state index contributed by atoms with van der Waals surface area (Å²) in [6.45, 7) is 0. The molecule has 12 heavy (non-hydrogen) atoms. The second kappa shape index (κ2) is 4.78. The lowest BCUT2D eigenvalue weighted by molar-refractivity contribution is 0.714. The molecule has 0 aromatic carbocycles. The zero-order chi connectivity index (χ0) is 8.81. The Morgan fingerprint density at radius 3 is 3.08 bits per heavy atom. The smallest absolute Gasteiger partial charge is 0.155 e. The summed E-state index contributed by atoms with van der Waals surface area (Å²) in [5.41, 5.74) is 0.715. The minimum absolute atomic E-state index is 0.662. The van der Waals surface area contributed by atoms with Crippen LogP contribution >= 0.6 is 11.6 Å². The van der Waals surface area contributed by atoms with Crippen LogP contribution < -0.4 is 0 Å². The molecule has 3 nitrogen and oxygen atoms in total. The maximum Gasteiger partial charge on any atom is 0.155 e. The van der Waals surface area contributed by atoms with Gasteiger partial charge in [-0.05, 0) is 12.3 Å². The molecule has 1 aromatic heterocycles. The van der Waals surface area contributed by atoms with Crippen LogP contribution in [0.5, 0.6) is 0 Å². The largest absolute Gasteiger partial charge is 0.254 e. The van der Waals surface area contributed by atoms with E-state index in [1.54, 1.807) is 10.9 Å². The molecule has 0 unspecified atom stereocenters. The SMILES string of the molecule is Cn1cc(C#CCCCCl)nn1. The molecule has 0 aliphatic carbocycles. The maximum atomic E-state index is 5.49. The van der Waals surface area contributed by atoms with Crippen molar-refractivity contribution in [3.05, 3.63) is 11.9 Å². The first-order valence-corrected chi connectivity index (χ1v) is 4.27. The molecule has 1 heterocycles. The lowest BCUT2D eigenvalue weighted by Crippen LogP contribution is -1.85. The molecule has 0 aliphatic rings. The van der Waals surface area contributed by atoms with Crippen molar-refractivity contribution >= 4 is 11.6 Å². The van der Waals surface area contributed by atoms with Gasteiger partial charge in [-0.15, -0.1) is 16.7 Å². The minimum atomic E-state index is 0.662. The van der Waals surface area contributed by atoms with E-state index in [9.17, 15) is 0 Å². The van der Waals surface area contributed by atoms with Gasteiger partial charge in [0.25, 0.3) is 0 Å². The van der Waals surface area contributed by atoms with E-state index < -0.39 is 0 Å². The molecule has 0 spiro atoms. The highest BCUT2D eigenvalue weighted by Gasteiger charge is 1.89. The van der Waals surface area contributed by atoms with E-state index in [1.165, 1.54) is 0 Å². The van der Waals surface area contributed by atoms with Gasteiger partial charge in [-0.3, -0.25) is 4.68 Å². The quantitative estimate of drug-likeness (QED) is 0.392. The zero-order valence-corrected chi connectivity index (χ0v) is 7.67. The topological polar surface area (TPSA) is 30.7 Å². The summed E-state index contributed by atoms with van der Waals surface area (Å²) in [6, 6.07) is 0. The summed E-state index contributed by atoms with van der Waals surface area (Å²) in [6.07, 6.45) is 3.53. The Balaban J connectivity index is 2.43. The molecule has 1 rings (SSSR count). The summed E-state index contributed by atoms with van der Waals surface area (Å²) < 4.78 is 1.63. The van der Waals surface area contributed by atoms with Crippen LogP contribution in [-0.4, -0.2) is 20.9 Å². The number of aromatic nitrogens is 3. The molecule has 0 atom stereocenters. The van der Waals surface area contributed by atoms with Crippen LogP contribution in [0.25, 0.3) is 0 Å².